The summed E-state index contributed by atoms with van der Waals surface area (Å²) < 4.78 is 1.72. The van der Waals surface area contributed by atoms with E-state index in [0.29, 0.717) is 51.0 Å². The van der Waals surface area contributed by atoms with Gasteiger partial charge in [-0.25, -0.2) is 0 Å². The third-order valence-electron chi connectivity index (χ3n) is 7.95. The van der Waals surface area contributed by atoms with Gasteiger partial charge < -0.3 is 29.9 Å². The quantitative estimate of drug-likeness (QED) is 0.575. The van der Waals surface area contributed by atoms with E-state index in [1.54, 1.807) is 44.6 Å². The van der Waals surface area contributed by atoms with Gasteiger partial charge in [0.2, 0.25) is 23.6 Å². The molecule has 0 saturated carbocycles. The summed E-state index contributed by atoms with van der Waals surface area (Å²) in [6, 6.07) is 1.35. The van der Waals surface area contributed by atoms with Crippen LogP contribution in [0.5, 0.6) is 0 Å². The van der Waals surface area contributed by atoms with Crippen LogP contribution in [0.3, 0.4) is 0 Å². The van der Waals surface area contributed by atoms with E-state index in [1.165, 1.54) is 6.92 Å². The third kappa shape index (κ3) is 4.17. The van der Waals surface area contributed by atoms with Gasteiger partial charge in [-0.1, -0.05) is 0 Å². The molecule has 5 heterocycles. The molecule has 4 fully saturated rings. The highest BCUT2D eigenvalue weighted by molar-refractivity contribution is 5.97. The minimum atomic E-state index is -0.732. The first-order valence-corrected chi connectivity index (χ1v) is 12.3. The Morgan fingerprint density at radius 3 is 2.49 bits per heavy atom. The molecule has 0 radical (unpaired) electrons. The monoisotopic (exact) mass is 484 g/mol. The molecule has 4 aliphatic rings. The predicted octanol–water partition coefficient (Wildman–Crippen LogP) is -0.918. The molecule has 0 spiro atoms. The number of aryl methyl sites for hydroxylation is 1. The Bertz CT molecular complexity index is 1060. The van der Waals surface area contributed by atoms with Gasteiger partial charge in [-0.15, -0.1) is 0 Å². The van der Waals surface area contributed by atoms with Crippen LogP contribution >= 0.6 is 0 Å². The molecule has 4 atom stereocenters. The minimum absolute atomic E-state index is 0.00708. The number of carbonyl (C=O) groups is 5. The fourth-order valence-electron chi connectivity index (χ4n) is 6.01. The second-order valence-electron chi connectivity index (χ2n) is 10.1. The summed E-state index contributed by atoms with van der Waals surface area (Å²) in [7, 11) is 1.78. The fourth-order valence-corrected chi connectivity index (χ4v) is 6.01. The molecule has 4 aliphatic heterocycles. The van der Waals surface area contributed by atoms with Gasteiger partial charge in [0, 0.05) is 58.3 Å². The van der Waals surface area contributed by atoms with Crippen LogP contribution in [0.1, 0.15) is 43.1 Å². The summed E-state index contributed by atoms with van der Waals surface area (Å²) in [5, 5.41) is 5.95. The van der Waals surface area contributed by atoms with Crippen molar-refractivity contribution in [3.63, 3.8) is 0 Å². The van der Waals surface area contributed by atoms with Gasteiger partial charge in [-0.05, 0) is 37.8 Å². The molecule has 5 rings (SSSR count). The van der Waals surface area contributed by atoms with Crippen molar-refractivity contribution in [1.29, 1.82) is 0 Å². The highest BCUT2D eigenvalue weighted by atomic mass is 16.2. The number of likely N-dealkylation sites (tertiary alicyclic amines) is 2. The average Bonchev–Trinajstić information content (AvgIpc) is 3.55. The van der Waals surface area contributed by atoms with Crippen LogP contribution in [-0.4, -0.2) is 99.1 Å². The van der Waals surface area contributed by atoms with Crippen LogP contribution in [0.15, 0.2) is 18.3 Å². The lowest BCUT2D eigenvalue weighted by Gasteiger charge is -2.35. The molecule has 35 heavy (non-hydrogen) atoms. The number of aromatic nitrogens is 1. The molecule has 11 heteroatoms. The highest BCUT2D eigenvalue weighted by Crippen LogP contribution is 2.31. The van der Waals surface area contributed by atoms with E-state index in [1.807, 2.05) is 0 Å². The van der Waals surface area contributed by atoms with Crippen molar-refractivity contribution in [1.82, 2.24) is 29.9 Å². The van der Waals surface area contributed by atoms with Gasteiger partial charge in [-0.3, -0.25) is 24.0 Å². The topological polar surface area (TPSA) is 124 Å². The summed E-state index contributed by atoms with van der Waals surface area (Å²) in [5.41, 5.74) is 0.506. The van der Waals surface area contributed by atoms with Crippen molar-refractivity contribution in [2.45, 2.75) is 56.8 Å². The minimum Gasteiger partial charge on any atom is -0.349 e. The number of amides is 5. The number of nitrogens with zero attached hydrogens (tertiary/aromatic N) is 4. The van der Waals surface area contributed by atoms with Gasteiger partial charge in [0.05, 0.1) is 6.04 Å². The molecular weight excluding hydrogens is 452 g/mol. The number of piperidine rings is 1. The van der Waals surface area contributed by atoms with Crippen molar-refractivity contribution >= 4 is 29.5 Å². The fraction of sp³-hybridized carbons (Fsp3) is 0.625. The van der Waals surface area contributed by atoms with E-state index in [4.69, 9.17) is 0 Å². The molecule has 0 aromatic carbocycles. The van der Waals surface area contributed by atoms with Gasteiger partial charge in [0.15, 0.2) is 0 Å². The Morgan fingerprint density at radius 1 is 1.09 bits per heavy atom. The summed E-state index contributed by atoms with van der Waals surface area (Å²) in [4.78, 5) is 69.3. The third-order valence-corrected chi connectivity index (χ3v) is 7.95. The maximum Gasteiger partial charge on any atom is 0.268 e. The van der Waals surface area contributed by atoms with Crippen LogP contribution < -0.4 is 10.6 Å². The number of hydrogen-bond acceptors (Lipinski definition) is 5. The molecule has 188 valence electrons. The molecule has 5 amide bonds. The molecular formula is C24H32N6O5. The molecule has 0 bridgehead atoms. The standard InChI is InChI=1S/C24H32N6O5/c1-14(31)28-9-5-15(6-10-28)23(34)29-11-7-17-20(29)24(35)30-13-16(12-19(30)22(33)26-17)25-21(32)18-4-3-8-27(18)2/h3-4,8,15-17,19-20H,5-7,9-13H2,1-2H3,(H,25,32)(H,26,33)/t16-,17+,19+,20-/m0/s1. The van der Waals surface area contributed by atoms with E-state index in [2.05, 4.69) is 10.6 Å². The van der Waals surface area contributed by atoms with Crippen molar-refractivity contribution in [2.75, 3.05) is 26.2 Å². The second-order valence-corrected chi connectivity index (χ2v) is 10.1. The van der Waals surface area contributed by atoms with Crippen LogP contribution in [0, 0.1) is 5.92 Å². The average molecular weight is 485 g/mol. The summed E-state index contributed by atoms with van der Waals surface area (Å²) in [6.07, 6.45) is 3.81. The SMILES string of the molecule is CC(=O)N1CCC(C(=O)N2CC[C@H]3NC(=O)[C@H]4C[C@H](NC(=O)c5cccn5C)CN4C(=O)[C@H]32)CC1. The van der Waals surface area contributed by atoms with Crippen molar-refractivity contribution in [3.8, 4) is 0 Å². The van der Waals surface area contributed by atoms with E-state index < -0.39 is 18.1 Å². The smallest absolute Gasteiger partial charge is 0.268 e. The van der Waals surface area contributed by atoms with Gasteiger partial charge >= 0.3 is 0 Å². The summed E-state index contributed by atoms with van der Waals surface area (Å²) >= 11 is 0. The first-order chi connectivity index (χ1) is 16.7. The van der Waals surface area contributed by atoms with E-state index >= 15 is 0 Å². The Hall–Kier alpha value is -3.37. The highest BCUT2D eigenvalue weighted by Gasteiger charge is 2.53. The molecule has 4 saturated heterocycles. The number of fused-ring (bicyclic) bond motifs is 2. The van der Waals surface area contributed by atoms with Crippen molar-refractivity contribution in [2.24, 2.45) is 13.0 Å². The lowest BCUT2D eigenvalue weighted by Crippen LogP contribution is -2.54. The van der Waals surface area contributed by atoms with Crippen LogP contribution in [0.4, 0.5) is 0 Å². The number of carbonyl (C=O) groups excluding carboxylic acids is 5. The molecule has 1 aromatic heterocycles. The maximum atomic E-state index is 13.7. The summed E-state index contributed by atoms with van der Waals surface area (Å²) in [5.74, 6) is -1.02. The van der Waals surface area contributed by atoms with Gasteiger partial charge in [0.1, 0.15) is 17.8 Å². The Morgan fingerprint density at radius 2 is 1.83 bits per heavy atom. The van der Waals surface area contributed by atoms with E-state index in [-0.39, 0.29) is 48.0 Å². The molecule has 1 aromatic rings. The molecule has 2 N–H and O–H groups in total. The van der Waals surface area contributed by atoms with Gasteiger partial charge in [0.25, 0.3) is 5.91 Å². The van der Waals surface area contributed by atoms with Crippen LogP contribution in [-0.2, 0) is 26.2 Å². The van der Waals surface area contributed by atoms with Crippen molar-refractivity contribution < 1.29 is 24.0 Å². The molecule has 0 aliphatic carbocycles. The number of hydrogen-bond donors (Lipinski definition) is 2. The van der Waals surface area contributed by atoms with Crippen LogP contribution in [0.2, 0.25) is 0 Å². The summed E-state index contributed by atoms with van der Waals surface area (Å²) in [6.45, 7) is 3.25. The predicted molar refractivity (Wildman–Crippen MR) is 124 cm³/mol. The van der Waals surface area contributed by atoms with E-state index in [9.17, 15) is 24.0 Å². The first kappa shape index (κ1) is 23.4. The lowest BCUT2D eigenvalue weighted by molar-refractivity contribution is -0.148. The zero-order chi connectivity index (χ0) is 24.9. The Kier molecular flexibility index (Phi) is 6.02. The number of nitrogens with one attached hydrogen (secondary N) is 2. The van der Waals surface area contributed by atoms with E-state index in [0.717, 1.165) is 0 Å². The second kappa shape index (κ2) is 9.01. The molecule has 11 nitrogen and oxygen atoms in total. The Balaban J connectivity index is 1.28. The maximum absolute atomic E-state index is 13.7. The normalized spacial score (nSPS) is 28.9. The Labute approximate surface area is 203 Å². The number of rotatable bonds is 3. The van der Waals surface area contributed by atoms with Crippen LogP contribution in [0.25, 0.3) is 0 Å². The van der Waals surface area contributed by atoms with Crippen molar-refractivity contribution in [3.05, 3.63) is 24.0 Å². The van der Waals surface area contributed by atoms with Gasteiger partial charge in [-0.2, -0.15) is 0 Å². The lowest BCUT2D eigenvalue weighted by atomic mass is 9.94. The first-order valence-electron chi connectivity index (χ1n) is 12.3. The largest absolute Gasteiger partial charge is 0.349 e. The zero-order valence-electron chi connectivity index (χ0n) is 20.1. The zero-order valence-corrected chi connectivity index (χ0v) is 20.1. The molecule has 0 unspecified atom stereocenters.